The smallest absolute Gasteiger partial charge is 0.224 e. The van der Waals surface area contributed by atoms with Gasteiger partial charge in [0.1, 0.15) is 0 Å². The van der Waals surface area contributed by atoms with Crippen LogP contribution in [0.2, 0.25) is 0 Å². The Bertz CT molecular complexity index is 425. The maximum absolute atomic E-state index is 11.4. The van der Waals surface area contributed by atoms with Gasteiger partial charge in [-0.2, -0.15) is 0 Å². The van der Waals surface area contributed by atoms with Crippen LogP contribution in [0.4, 0.5) is 11.4 Å². The van der Waals surface area contributed by atoms with E-state index in [2.05, 4.69) is 34.2 Å². The minimum absolute atomic E-state index is 0.0629. The van der Waals surface area contributed by atoms with Gasteiger partial charge in [0, 0.05) is 44.0 Å². The summed E-state index contributed by atoms with van der Waals surface area (Å²) in [6, 6.07) is 8.13. The molecule has 1 heterocycles. The number of hydrogen-bond acceptors (Lipinski definition) is 3. The summed E-state index contributed by atoms with van der Waals surface area (Å²) in [5.74, 6) is 0.0629. The van der Waals surface area contributed by atoms with Crippen LogP contribution in [0.15, 0.2) is 24.3 Å². The Balaban J connectivity index is 2.01. The van der Waals surface area contributed by atoms with Crippen LogP contribution >= 0.6 is 0 Å². The molecular weight excluding hydrogens is 238 g/mol. The van der Waals surface area contributed by atoms with Crippen LogP contribution in [0.5, 0.6) is 0 Å². The highest BCUT2D eigenvalue weighted by Gasteiger charge is 2.15. The van der Waals surface area contributed by atoms with Gasteiger partial charge in [-0.25, -0.2) is 0 Å². The zero-order chi connectivity index (χ0) is 13.7. The summed E-state index contributed by atoms with van der Waals surface area (Å²) >= 11 is 0. The summed E-state index contributed by atoms with van der Waals surface area (Å²) in [5, 5.41) is 2.92. The van der Waals surface area contributed by atoms with Crippen molar-refractivity contribution in [2.75, 3.05) is 42.9 Å². The van der Waals surface area contributed by atoms with Gasteiger partial charge in [-0.15, -0.1) is 0 Å². The topological polar surface area (TPSA) is 35.6 Å². The summed E-state index contributed by atoms with van der Waals surface area (Å²) in [6.07, 6.45) is 0.513. The number of rotatable bonds is 4. The van der Waals surface area contributed by atoms with Crippen molar-refractivity contribution in [2.24, 2.45) is 0 Å². The minimum atomic E-state index is 0.0629. The molecule has 2 rings (SSSR count). The van der Waals surface area contributed by atoms with Crippen molar-refractivity contribution in [1.29, 1.82) is 0 Å². The first-order valence-electron chi connectivity index (χ1n) is 7.10. The molecule has 4 nitrogen and oxygen atoms in total. The van der Waals surface area contributed by atoms with Gasteiger partial charge in [0.2, 0.25) is 5.91 Å². The van der Waals surface area contributed by atoms with Crippen LogP contribution in [0, 0.1) is 0 Å². The molecule has 0 aromatic heterocycles. The van der Waals surface area contributed by atoms with E-state index in [1.165, 1.54) is 5.69 Å². The first-order chi connectivity index (χ1) is 9.22. The number of nitrogens with zero attached hydrogens (tertiary/aromatic N) is 2. The number of anilines is 2. The van der Waals surface area contributed by atoms with E-state index in [1.54, 1.807) is 0 Å². The quantitative estimate of drug-likeness (QED) is 0.902. The highest BCUT2D eigenvalue weighted by molar-refractivity contribution is 5.91. The maximum atomic E-state index is 11.4. The lowest BCUT2D eigenvalue weighted by Gasteiger charge is -2.35. The van der Waals surface area contributed by atoms with Crippen LogP contribution in [0.25, 0.3) is 0 Å². The number of likely N-dealkylation sites (N-methyl/N-ethyl adjacent to an activating group) is 1. The van der Waals surface area contributed by atoms with Crippen LogP contribution < -0.4 is 10.2 Å². The Labute approximate surface area is 115 Å². The standard InChI is InChI=1S/C15H23N3O/c1-3-15(19)16-13-6-5-7-14(12-13)18-10-8-17(4-2)9-11-18/h5-7,12H,3-4,8-11H2,1-2H3,(H,16,19). The zero-order valence-electron chi connectivity index (χ0n) is 11.9. The van der Waals surface area contributed by atoms with Crippen molar-refractivity contribution in [3.05, 3.63) is 24.3 Å². The molecule has 1 N–H and O–H groups in total. The number of piperazine rings is 1. The zero-order valence-corrected chi connectivity index (χ0v) is 11.9. The first-order valence-corrected chi connectivity index (χ1v) is 7.10. The van der Waals surface area contributed by atoms with E-state index in [1.807, 2.05) is 19.1 Å². The van der Waals surface area contributed by atoms with E-state index in [-0.39, 0.29) is 5.91 Å². The highest BCUT2D eigenvalue weighted by Crippen LogP contribution is 2.21. The third-order valence-corrected chi connectivity index (χ3v) is 3.64. The Morgan fingerprint density at radius 2 is 1.95 bits per heavy atom. The first kappa shape index (κ1) is 13.9. The summed E-state index contributed by atoms with van der Waals surface area (Å²) in [7, 11) is 0. The molecule has 0 unspecified atom stereocenters. The lowest BCUT2D eigenvalue weighted by molar-refractivity contribution is -0.115. The summed E-state index contributed by atoms with van der Waals surface area (Å²) in [5.41, 5.74) is 2.09. The number of hydrogen-bond donors (Lipinski definition) is 1. The van der Waals surface area contributed by atoms with Gasteiger partial charge in [0.05, 0.1) is 0 Å². The van der Waals surface area contributed by atoms with Gasteiger partial charge in [0.25, 0.3) is 0 Å². The van der Waals surface area contributed by atoms with Crippen LogP contribution in [-0.4, -0.2) is 43.5 Å². The normalized spacial score (nSPS) is 16.4. The Kier molecular flexibility index (Phi) is 4.80. The second kappa shape index (κ2) is 6.57. The van der Waals surface area contributed by atoms with E-state index >= 15 is 0 Å². The molecule has 0 atom stereocenters. The lowest BCUT2D eigenvalue weighted by Crippen LogP contribution is -2.46. The van der Waals surface area contributed by atoms with Crippen LogP contribution in [-0.2, 0) is 4.79 Å². The molecule has 1 fully saturated rings. The maximum Gasteiger partial charge on any atom is 0.224 e. The molecule has 0 aliphatic carbocycles. The molecule has 19 heavy (non-hydrogen) atoms. The lowest BCUT2D eigenvalue weighted by atomic mass is 10.2. The van der Waals surface area contributed by atoms with E-state index < -0.39 is 0 Å². The minimum Gasteiger partial charge on any atom is -0.369 e. The number of carbonyl (C=O) groups is 1. The Morgan fingerprint density at radius 3 is 2.58 bits per heavy atom. The van der Waals surface area contributed by atoms with Gasteiger partial charge in [-0.3, -0.25) is 4.79 Å². The van der Waals surface area contributed by atoms with E-state index in [0.29, 0.717) is 6.42 Å². The van der Waals surface area contributed by atoms with Crippen molar-refractivity contribution in [3.63, 3.8) is 0 Å². The van der Waals surface area contributed by atoms with E-state index in [0.717, 1.165) is 38.4 Å². The fourth-order valence-corrected chi connectivity index (χ4v) is 2.35. The van der Waals surface area contributed by atoms with Gasteiger partial charge in [0.15, 0.2) is 0 Å². The number of nitrogens with one attached hydrogen (secondary N) is 1. The van der Waals surface area contributed by atoms with Gasteiger partial charge in [-0.05, 0) is 24.7 Å². The van der Waals surface area contributed by atoms with Crippen LogP contribution in [0.1, 0.15) is 20.3 Å². The molecule has 1 aliphatic heterocycles. The summed E-state index contributed by atoms with van der Waals surface area (Å²) < 4.78 is 0. The molecule has 0 spiro atoms. The molecule has 0 bridgehead atoms. The molecular formula is C15H23N3O. The summed E-state index contributed by atoms with van der Waals surface area (Å²) in [6.45, 7) is 9.53. The number of benzene rings is 1. The molecule has 4 heteroatoms. The average molecular weight is 261 g/mol. The highest BCUT2D eigenvalue weighted by atomic mass is 16.1. The number of amides is 1. The van der Waals surface area contributed by atoms with Gasteiger partial charge >= 0.3 is 0 Å². The molecule has 1 saturated heterocycles. The van der Waals surface area contributed by atoms with Crippen molar-refractivity contribution in [2.45, 2.75) is 20.3 Å². The SMILES string of the molecule is CCC(=O)Nc1cccc(N2CCN(CC)CC2)c1. The van der Waals surface area contributed by atoms with Gasteiger partial charge < -0.3 is 15.1 Å². The van der Waals surface area contributed by atoms with E-state index in [9.17, 15) is 4.79 Å². The third-order valence-electron chi connectivity index (χ3n) is 3.64. The monoisotopic (exact) mass is 261 g/mol. The van der Waals surface area contributed by atoms with Crippen molar-refractivity contribution < 1.29 is 4.79 Å². The predicted octanol–water partition coefficient (Wildman–Crippen LogP) is 2.18. The second-order valence-corrected chi connectivity index (χ2v) is 4.87. The molecule has 104 valence electrons. The molecule has 1 amide bonds. The fraction of sp³-hybridized carbons (Fsp3) is 0.533. The third kappa shape index (κ3) is 3.70. The average Bonchev–Trinajstić information content (AvgIpc) is 2.47. The Morgan fingerprint density at radius 1 is 1.21 bits per heavy atom. The van der Waals surface area contributed by atoms with Crippen LogP contribution in [0.3, 0.4) is 0 Å². The molecule has 0 radical (unpaired) electrons. The second-order valence-electron chi connectivity index (χ2n) is 4.87. The van der Waals surface area contributed by atoms with Gasteiger partial charge in [-0.1, -0.05) is 19.9 Å². The molecule has 1 aliphatic rings. The number of carbonyl (C=O) groups excluding carboxylic acids is 1. The van der Waals surface area contributed by atoms with E-state index in [4.69, 9.17) is 0 Å². The Hall–Kier alpha value is -1.55. The van der Waals surface area contributed by atoms with Crippen molar-refractivity contribution in [1.82, 2.24) is 4.90 Å². The van der Waals surface area contributed by atoms with Crippen molar-refractivity contribution >= 4 is 17.3 Å². The molecule has 0 saturated carbocycles. The van der Waals surface area contributed by atoms with Crippen molar-refractivity contribution in [3.8, 4) is 0 Å². The molecule has 1 aromatic carbocycles. The largest absolute Gasteiger partial charge is 0.369 e. The fourth-order valence-electron chi connectivity index (χ4n) is 2.35. The predicted molar refractivity (Wildman–Crippen MR) is 79.7 cm³/mol. The summed E-state index contributed by atoms with van der Waals surface area (Å²) in [4.78, 5) is 16.3. The molecule has 1 aromatic rings.